The van der Waals surface area contributed by atoms with E-state index in [1.165, 1.54) is 5.56 Å². The molecule has 0 saturated carbocycles. The van der Waals surface area contributed by atoms with Gasteiger partial charge in [-0.05, 0) is 43.7 Å². The molecule has 3 aromatic rings. The fourth-order valence-electron chi connectivity index (χ4n) is 2.20. The molecule has 116 valence electrons. The summed E-state index contributed by atoms with van der Waals surface area (Å²) < 4.78 is 0. The van der Waals surface area contributed by atoms with Gasteiger partial charge in [-0.25, -0.2) is 0 Å². The number of nitrogens with zero attached hydrogens (tertiary/aromatic N) is 3. The fourth-order valence-corrected chi connectivity index (χ4v) is 2.39. The molecule has 0 aliphatic carbocycles. The van der Waals surface area contributed by atoms with E-state index in [0.29, 0.717) is 16.8 Å². The molecule has 0 aliphatic heterocycles. The largest absolute Gasteiger partial charge is 0.339 e. The SMILES string of the molecule is Cc1ccc(Nc2cnnc(Nc3cccc(Cl)c3)n2)c(C)c1. The van der Waals surface area contributed by atoms with Crippen LogP contribution in [0.25, 0.3) is 0 Å². The lowest BCUT2D eigenvalue weighted by Crippen LogP contribution is -2.03. The Hall–Kier alpha value is -2.66. The number of aryl methyl sites for hydroxylation is 2. The molecule has 23 heavy (non-hydrogen) atoms. The first kappa shape index (κ1) is 15.2. The number of aromatic nitrogens is 3. The Kier molecular flexibility index (Phi) is 4.39. The molecule has 1 heterocycles. The highest BCUT2D eigenvalue weighted by Gasteiger charge is 2.04. The molecule has 0 saturated heterocycles. The predicted octanol–water partition coefficient (Wildman–Crippen LogP) is 4.63. The Bertz CT molecular complexity index is 835. The van der Waals surface area contributed by atoms with E-state index in [4.69, 9.17) is 11.6 Å². The van der Waals surface area contributed by atoms with Crippen LogP contribution < -0.4 is 10.6 Å². The Morgan fingerprint density at radius 1 is 1.00 bits per heavy atom. The van der Waals surface area contributed by atoms with Gasteiger partial charge in [0.2, 0.25) is 5.95 Å². The molecular formula is C17H16ClN5. The van der Waals surface area contributed by atoms with Gasteiger partial charge in [-0.2, -0.15) is 10.1 Å². The van der Waals surface area contributed by atoms with Crippen molar-refractivity contribution in [1.29, 1.82) is 0 Å². The Morgan fingerprint density at radius 2 is 1.87 bits per heavy atom. The third kappa shape index (κ3) is 3.96. The number of nitrogens with one attached hydrogen (secondary N) is 2. The van der Waals surface area contributed by atoms with E-state index in [1.807, 2.05) is 24.3 Å². The van der Waals surface area contributed by atoms with Gasteiger partial charge in [0.15, 0.2) is 5.82 Å². The van der Waals surface area contributed by atoms with Crippen molar-refractivity contribution in [1.82, 2.24) is 15.2 Å². The van der Waals surface area contributed by atoms with Crippen molar-refractivity contribution in [3.63, 3.8) is 0 Å². The summed E-state index contributed by atoms with van der Waals surface area (Å²) in [7, 11) is 0. The molecular weight excluding hydrogens is 310 g/mol. The molecule has 5 nitrogen and oxygen atoms in total. The smallest absolute Gasteiger partial charge is 0.249 e. The lowest BCUT2D eigenvalue weighted by Gasteiger charge is -2.10. The Labute approximate surface area is 139 Å². The first-order valence-electron chi connectivity index (χ1n) is 7.17. The van der Waals surface area contributed by atoms with Crippen LogP contribution in [0.3, 0.4) is 0 Å². The predicted molar refractivity (Wildman–Crippen MR) is 93.8 cm³/mol. The Balaban J connectivity index is 1.79. The molecule has 0 amide bonds. The summed E-state index contributed by atoms with van der Waals surface area (Å²) in [5, 5.41) is 15.0. The highest BCUT2D eigenvalue weighted by molar-refractivity contribution is 6.30. The average Bonchev–Trinajstić information content (AvgIpc) is 2.51. The van der Waals surface area contributed by atoms with Gasteiger partial charge >= 0.3 is 0 Å². The zero-order valence-electron chi connectivity index (χ0n) is 12.8. The van der Waals surface area contributed by atoms with Crippen LogP contribution in [-0.4, -0.2) is 15.2 Å². The van der Waals surface area contributed by atoms with Gasteiger partial charge in [-0.1, -0.05) is 35.4 Å². The molecule has 0 bridgehead atoms. The normalized spacial score (nSPS) is 10.4. The van der Waals surface area contributed by atoms with E-state index >= 15 is 0 Å². The van der Waals surface area contributed by atoms with Gasteiger partial charge in [0.25, 0.3) is 0 Å². The number of anilines is 4. The average molecular weight is 326 g/mol. The van der Waals surface area contributed by atoms with Crippen molar-refractivity contribution in [3.05, 3.63) is 64.8 Å². The number of halogens is 1. The van der Waals surface area contributed by atoms with E-state index in [-0.39, 0.29) is 0 Å². The van der Waals surface area contributed by atoms with Crippen LogP contribution in [-0.2, 0) is 0 Å². The van der Waals surface area contributed by atoms with Crippen LogP contribution in [0.5, 0.6) is 0 Å². The highest BCUT2D eigenvalue weighted by Crippen LogP contribution is 2.21. The molecule has 6 heteroatoms. The maximum absolute atomic E-state index is 5.97. The summed E-state index contributed by atoms with van der Waals surface area (Å²) >= 11 is 5.97. The van der Waals surface area contributed by atoms with Crippen molar-refractivity contribution in [2.45, 2.75) is 13.8 Å². The van der Waals surface area contributed by atoms with E-state index in [9.17, 15) is 0 Å². The van der Waals surface area contributed by atoms with Crippen LogP contribution in [0.2, 0.25) is 5.02 Å². The van der Waals surface area contributed by atoms with Crippen LogP contribution >= 0.6 is 11.6 Å². The standard InChI is InChI=1S/C17H16ClN5/c1-11-6-7-15(12(2)8-11)21-16-10-19-23-17(22-16)20-14-5-3-4-13(18)9-14/h3-10H,1-2H3,(H2,20,21,22,23). The maximum Gasteiger partial charge on any atom is 0.249 e. The second-order valence-electron chi connectivity index (χ2n) is 5.24. The van der Waals surface area contributed by atoms with Gasteiger partial charge < -0.3 is 10.6 Å². The third-order valence-electron chi connectivity index (χ3n) is 3.28. The molecule has 0 spiro atoms. The second-order valence-corrected chi connectivity index (χ2v) is 5.68. The van der Waals surface area contributed by atoms with Crippen molar-refractivity contribution in [2.24, 2.45) is 0 Å². The lowest BCUT2D eigenvalue weighted by atomic mass is 10.1. The summed E-state index contributed by atoms with van der Waals surface area (Å²) in [5.41, 5.74) is 4.16. The van der Waals surface area contributed by atoms with Crippen LogP contribution in [0, 0.1) is 13.8 Å². The van der Waals surface area contributed by atoms with E-state index in [1.54, 1.807) is 12.3 Å². The summed E-state index contributed by atoms with van der Waals surface area (Å²) in [4.78, 5) is 4.42. The second kappa shape index (κ2) is 6.62. The molecule has 1 aromatic heterocycles. The quantitative estimate of drug-likeness (QED) is 0.732. The Morgan fingerprint density at radius 3 is 2.65 bits per heavy atom. The highest BCUT2D eigenvalue weighted by atomic mass is 35.5. The zero-order valence-corrected chi connectivity index (χ0v) is 13.6. The van der Waals surface area contributed by atoms with Crippen LogP contribution in [0.4, 0.5) is 23.1 Å². The molecule has 2 aromatic carbocycles. The van der Waals surface area contributed by atoms with Gasteiger partial charge in [0.05, 0.1) is 6.20 Å². The number of benzene rings is 2. The molecule has 0 aliphatic rings. The van der Waals surface area contributed by atoms with Gasteiger partial charge in [0.1, 0.15) is 0 Å². The summed E-state index contributed by atoms with van der Waals surface area (Å²) in [6.07, 6.45) is 1.59. The van der Waals surface area contributed by atoms with E-state index in [0.717, 1.165) is 16.9 Å². The molecule has 3 rings (SSSR count). The molecule has 2 N–H and O–H groups in total. The van der Waals surface area contributed by atoms with Crippen LogP contribution in [0.15, 0.2) is 48.7 Å². The topological polar surface area (TPSA) is 62.7 Å². The molecule has 0 unspecified atom stereocenters. The minimum absolute atomic E-state index is 0.405. The first-order chi connectivity index (χ1) is 11.1. The fraction of sp³-hybridized carbons (Fsp3) is 0.118. The van der Waals surface area contributed by atoms with Crippen molar-refractivity contribution < 1.29 is 0 Å². The summed E-state index contributed by atoms with van der Waals surface area (Å²) in [6, 6.07) is 13.5. The lowest BCUT2D eigenvalue weighted by molar-refractivity contribution is 0.982. The van der Waals surface area contributed by atoms with Crippen molar-refractivity contribution >= 4 is 34.7 Å². The zero-order chi connectivity index (χ0) is 16.2. The summed E-state index contributed by atoms with van der Waals surface area (Å²) in [6.45, 7) is 4.12. The third-order valence-corrected chi connectivity index (χ3v) is 3.52. The van der Waals surface area contributed by atoms with Crippen molar-refractivity contribution in [3.8, 4) is 0 Å². The summed E-state index contributed by atoms with van der Waals surface area (Å²) in [5.74, 6) is 1.03. The van der Waals surface area contributed by atoms with E-state index in [2.05, 4.69) is 51.8 Å². The molecule has 0 atom stereocenters. The maximum atomic E-state index is 5.97. The number of rotatable bonds is 4. The van der Waals surface area contributed by atoms with Gasteiger partial charge in [-0.15, -0.1) is 5.10 Å². The molecule has 0 fully saturated rings. The van der Waals surface area contributed by atoms with Gasteiger partial charge in [-0.3, -0.25) is 0 Å². The van der Waals surface area contributed by atoms with Gasteiger partial charge in [0, 0.05) is 16.4 Å². The van der Waals surface area contributed by atoms with Crippen molar-refractivity contribution in [2.75, 3.05) is 10.6 Å². The van der Waals surface area contributed by atoms with Crippen LogP contribution in [0.1, 0.15) is 11.1 Å². The minimum atomic E-state index is 0.405. The molecule has 0 radical (unpaired) electrons. The number of hydrogen-bond donors (Lipinski definition) is 2. The monoisotopic (exact) mass is 325 g/mol. The first-order valence-corrected chi connectivity index (χ1v) is 7.54. The minimum Gasteiger partial charge on any atom is -0.339 e. The van der Waals surface area contributed by atoms with E-state index < -0.39 is 0 Å². The number of hydrogen-bond acceptors (Lipinski definition) is 5.